The topological polar surface area (TPSA) is 105 Å². The van der Waals surface area contributed by atoms with Gasteiger partial charge in [0.2, 0.25) is 5.91 Å². The molecule has 0 spiro atoms. The third kappa shape index (κ3) is 6.06. The lowest BCUT2D eigenvalue weighted by atomic mass is 10.1. The molecule has 0 fully saturated rings. The fraction of sp³-hybridized carbons (Fsp3) is 0.182. The second-order valence-corrected chi connectivity index (χ2v) is 7.79. The summed E-state index contributed by atoms with van der Waals surface area (Å²) in [5.41, 5.74) is -0.121. The van der Waals surface area contributed by atoms with E-state index in [0.717, 1.165) is 0 Å². The number of nitrogens with zero attached hydrogens (tertiary/aromatic N) is 3. The lowest BCUT2D eigenvalue weighted by Crippen LogP contribution is -2.41. The van der Waals surface area contributed by atoms with Crippen LogP contribution in [0, 0.1) is 16.5 Å². The van der Waals surface area contributed by atoms with Crippen LogP contribution in [0.3, 0.4) is 0 Å². The zero-order valence-electron chi connectivity index (χ0n) is 17.0. The molecule has 2 aromatic heterocycles. The SMILES string of the molecule is N#Cc1ccc(NCC(F)(F)c2ccccn2)[n+]([O-])c1CC(=O)NCc1cc(Cl)ccc1Cl. The molecule has 33 heavy (non-hydrogen) atoms. The molecule has 0 aliphatic rings. The average Bonchev–Trinajstić information content (AvgIpc) is 2.80. The highest BCUT2D eigenvalue weighted by Gasteiger charge is 2.35. The van der Waals surface area contributed by atoms with Gasteiger partial charge in [-0.3, -0.25) is 15.1 Å². The van der Waals surface area contributed by atoms with Gasteiger partial charge in [0, 0.05) is 28.9 Å². The number of alkyl halides is 2. The Morgan fingerprint density at radius 2 is 2.00 bits per heavy atom. The van der Waals surface area contributed by atoms with Gasteiger partial charge in [0.15, 0.2) is 6.54 Å². The van der Waals surface area contributed by atoms with Gasteiger partial charge in [0.1, 0.15) is 17.5 Å². The van der Waals surface area contributed by atoms with Gasteiger partial charge in [-0.05, 0) is 42.0 Å². The first-order valence-electron chi connectivity index (χ1n) is 9.60. The first-order chi connectivity index (χ1) is 15.7. The maximum atomic E-state index is 14.4. The molecule has 1 amide bonds. The number of pyridine rings is 2. The van der Waals surface area contributed by atoms with Crippen molar-refractivity contribution in [2.75, 3.05) is 11.9 Å². The standard InChI is InChI=1S/C22H17Cl2F2N5O2/c23-16-5-6-17(24)15(9-16)12-29-21(32)10-18-14(11-27)4-7-20(31(18)33)30-13-22(25,26)19-3-1-2-8-28-19/h1-9,30H,10,12-13H2,(H,29,32). The number of carbonyl (C=O) groups excluding carboxylic acids is 1. The number of halogens is 4. The van der Waals surface area contributed by atoms with Crippen LogP contribution in [0.5, 0.6) is 0 Å². The predicted octanol–water partition coefficient (Wildman–Crippen LogP) is 3.96. The molecular formula is C22H17Cl2F2N5O2. The van der Waals surface area contributed by atoms with E-state index < -0.39 is 30.5 Å². The lowest BCUT2D eigenvalue weighted by Gasteiger charge is -2.18. The van der Waals surface area contributed by atoms with E-state index in [1.54, 1.807) is 18.2 Å². The number of carbonyl (C=O) groups is 1. The molecule has 1 aromatic carbocycles. The van der Waals surface area contributed by atoms with Crippen LogP contribution in [-0.4, -0.2) is 17.4 Å². The highest BCUT2D eigenvalue weighted by atomic mass is 35.5. The molecule has 0 saturated carbocycles. The Morgan fingerprint density at radius 1 is 1.21 bits per heavy atom. The Hall–Kier alpha value is -3.48. The van der Waals surface area contributed by atoms with E-state index in [2.05, 4.69) is 15.6 Å². The molecule has 11 heteroatoms. The summed E-state index contributed by atoms with van der Waals surface area (Å²) >= 11 is 12.0. The second kappa shape index (κ2) is 10.4. The first kappa shape index (κ1) is 24.2. The number of nitrogens with one attached hydrogen (secondary N) is 2. The summed E-state index contributed by atoms with van der Waals surface area (Å²) in [5, 5.41) is 27.9. The van der Waals surface area contributed by atoms with Crippen molar-refractivity contribution in [3.8, 4) is 6.07 Å². The molecule has 170 valence electrons. The number of anilines is 1. The van der Waals surface area contributed by atoms with Gasteiger partial charge in [-0.15, -0.1) is 0 Å². The van der Waals surface area contributed by atoms with Gasteiger partial charge in [-0.2, -0.15) is 14.0 Å². The predicted molar refractivity (Wildman–Crippen MR) is 119 cm³/mol. The van der Waals surface area contributed by atoms with Crippen LogP contribution in [0.4, 0.5) is 14.6 Å². The number of hydrogen-bond acceptors (Lipinski definition) is 5. The minimum atomic E-state index is -3.35. The van der Waals surface area contributed by atoms with E-state index in [1.165, 1.54) is 36.5 Å². The molecule has 0 atom stereocenters. The molecule has 3 aromatic rings. The summed E-state index contributed by atoms with van der Waals surface area (Å²) in [7, 11) is 0. The normalized spacial score (nSPS) is 11.0. The summed E-state index contributed by atoms with van der Waals surface area (Å²) in [5.74, 6) is -4.15. The number of nitriles is 1. The maximum absolute atomic E-state index is 14.4. The highest BCUT2D eigenvalue weighted by Crippen LogP contribution is 2.26. The Labute approximate surface area is 198 Å². The molecule has 0 bridgehead atoms. The second-order valence-electron chi connectivity index (χ2n) is 6.95. The molecule has 3 rings (SSSR count). The van der Waals surface area contributed by atoms with Crippen LogP contribution < -0.4 is 15.4 Å². The van der Waals surface area contributed by atoms with E-state index in [4.69, 9.17) is 23.2 Å². The van der Waals surface area contributed by atoms with E-state index >= 15 is 0 Å². The molecule has 2 N–H and O–H groups in total. The molecule has 0 aliphatic carbocycles. The summed E-state index contributed by atoms with van der Waals surface area (Å²) in [6, 6.07) is 13.2. The number of rotatable bonds is 8. The van der Waals surface area contributed by atoms with Crippen LogP contribution in [-0.2, 0) is 23.7 Å². The lowest BCUT2D eigenvalue weighted by molar-refractivity contribution is -0.598. The van der Waals surface area contributed by atoms with Gasteiger partial charge in [-0.1, -0.05) is 29.3 Å². The smallest absolute Gasteiger partial charge is 0.325 e. The third-order valence-corrected chi connectivity index (χ3v) is 5.25. The van der Waals surface area contributed by atoms with Crippen molar-refractivity contribution in [3.63, 3.8) is 0 Å². The Kier molecular flexibility index (Phi) is 7.63. The number of amides is 1. The van der Waals surface area contributed by atoms with Crippen LogP contribution in [0.15, 0.2) is 54.7 Å². The number of aromatic nitrogens is 2. The fourth-order valence-electron chi connectivity index (χ4n) is 2.94. The summed E-state index contributed by atoms with van der Waals surface area (Å²) in [6.45, 7) is -0.857. The van der Waals surface area contributed by atoms with E-state index in [1.807, 2.05) is 6.07 Å². The average molecular weight is 492 g/mol. The number of benzene rings is 1. The van der Waals surface area contributed by atoms with E-state index in [-0.39, 0.29) is 28.4 Å². The van der Waals surface area contributed by atoms with E-state index in [0.29, 0.717) is 15.6 Å². The van der Waals surface area contributed by atoms with Crippen LogP contribution >= 0.6 is 23.2 Å². The van der Waals surface area contributed by atoms with Gasteiger partial charge in [0.05, 0.1) is 12.0 Å². The zero-order chi connectivity index (χ0) is 24.0. The monoisotopic (exact) mass is 491 g/mol. The Morgan fingerprint density at radius 3 is 2.70 bits per heavy atom. The molecule has 0 saturated heterocycles. The molecule has 0 aliphatic heterocycles. The zero-order valence-corrected chi connectivity index (χ0v) is 18.5. The van der Waals surface area contributed by atoms with Crippen LogP contribution in [0.1, 0.15) is 22.5 Å². The largest absolute Gasteiger partial charge is 0.710 e. The molecule has 0 unspecified atom stereocenters. The minimum Gasteiger partial charge on any atom is -0.710 e. The van der Waals surface area contributed by atoms with Crippen molar-refractivity contribution >= 4 is 34.9 Å². The van der Waals surface area contributed by atoms with Crippen molar-refractivity contribution in [1.82, 2.24) is 10.3 Å². The van der Waals surface area contributed by atoms with Crippen molar-refractivity contribution in [2.24, 2.45) is 0 Å². The van der Waals surface area contributed by atoms with Crippen molar-refractivity contribution in [1.29, 1.82) is 5.26 Å². The van der Waals surface area contributed by atoms with Crippen molar-refractivity contribution < 1.29 is 18.3 Å². The summed E-state index contributed by atoms with van der Waals surface area (Å²) < 4.78 is 29.0. The maximum Gasteiger partial charge on any atom is 0.325 e. The minimum absolute atomic E-state index is 0.0488. The molecule has 0 radical (unpaired) electrons. The summed E-state index contributed by atoms with van der Waals surface area (Å²) in [4.78, 5) is 16.1. The fourth-order valence-corrected chi connectivity index (χ4v) is 3.32. The van der Waals surface area contributed by atoms with Gasteiger partial charge < -0.3 is 10.5 Å². The van der Waals surface area contributed by atoms with Crippen molar-refractivity contribution in [3.05, 3.63) is 92.5 Å². The summed E-state index contributed by atoms with van der Waals surface area (Å²) in [6.07, 6.45) is 0.794. The van der Waals surface area contributed by atoms with Gasteiger partial charge in [0.25, 0.3) is 5.82 Å². The Bertz CT molecular complexity index is 1200. The van der Waals surface area contributed by atoms with Gasteiger partial charge >= 0.3 is 5.92 Å². The first-order valence-corrected chi connectivity index (χ1v) is 10.4. The molecular weight excluding hydrogens is 475 g/mol. The Balaban J connectivity index is 1.72. The quantitative estimate of drug-likeness (QED) is 0.366. The molecule has 7 nitrogen and oxygen atoms in total. The van der Waals surface area contributed by atoms with Crippen LogP contribution in [0.25, 0.3) is 0 Å². The third-order valence-electron chi connectivity index (χ3n) is 4.65. The van der Waals surface area contributed by atoms with Gasteiger partial charge in [-0.25, -0.2) is 4.73 Å². The number of hydrogen-bond donors (Lipinski definition) is 2. The molecule has 2 heterocycles. The van der Waals surface area contributed by atoms with Crippen LogP contribution in [0.2, 0.25) is 10.0 Å². The van der Waals surface area contributed by atoms with Crippen molar-refractivity contribution in [2.45, 2.75) is 18.9 Å². The van der Waals surface area contributed by atoms with E-state index in [9.17, 15) is 24.0 Å². The highest BCUT2D eigenvalue weighted by molar-refractivity contribution is 6.33.